The summed E-state index contributed by atoms with van der Waals surface area (Å²) >= 11 is 0. The summed E-state index contributed by atoms with van der Waals surface area (Å²) in [5.74, 6) is 1.46. The molecule has 5 nitrogen and oxygen atoms in total. The molecule has 2 rings (SSSR count). The van der Waals surface area contributed by atoms with Crippen LogP contribution in [0, 0.1) is 5.92 Å². The van der Waals surface area contributed by atoms with E-state index in [1.165, 1.54) is 19.3 Å². The fraction of sp³-hybridized carbons (Fsp3) is 0.818. The molecule has 1 saturated carbocycles. The maximum absolute atomic E-state index is 5.45. The van der Waals surface area contributed by atoms with E-state index in [0.29, 0.717) is 18.5 Å². The third kappa shape index (κ3) is 3.20. The van der Waals surface area contributed by atoms with Crippen molar-refractivity contribution in [1.29, 1.82) is 0 Å². The first-order valence-corrected chi connectivity index (χ1v) is 6.15. The average Bonchev–Trinajstić information content (AvgIpc) is 2.64. The molecule has 90 valence electrons. The zero-order valence-electron chi connectivity index (χ0n) is 9.83. The maximum atomic E-state index is 5.45. The van der Waals surface area contributed by atoms with Gasteiger partial charge in [0.15, 0.2) is 0 Å². The van der Waals surface area contributed by atoms with Gasteiger partial charge in [-0.15, -0.1) is 5.10 Å². The van der Waals surface area contributed by atoms with Crippen molar-refractivity contribution < 1.29 is 4.42 Å². The number of hydrogen-bond donors (Lipinski definition) is 2. The standard InChI is InChI=1S/C11H20N4O/c1-2-6-12-8-10-14-15-11(16-10)13-7-9-4-3-5-9/h9,12H,2-8H2,1H3,(H,13,15). The molecule has 0 atom stereocenters. The molecule has 0 saturated heterocycles. The van der Waals surface area contributed by atoms with Gasteiger partial charge in [-0.1, -0.05) is 18.4 Å². The van der Waals surface area contributed by atoms with Crippen molar-refractivity contribution in [3.05, 3.63) is 5.89 Å². The molecule has 0 spiro atoms. The molecule has 1 aliphatic carbocycles. The number of hydrogen-bond acceptors (Lipinski definition) is 5. The molecule has 0 aromatic carbocycles. The van der Waals surface area contributed by atoms with Crippen LogP contribution in [0.3, 0.4) is 0 Å². The Bertz CT molecular complexity index is 309. The summed E-state index contributed by atoms with van der Waals surface area (Å²) in [6.07, 6.45) is 5.13. The van der Waals surface area contributed by atoms with Crippen LogP contribution in [0.4, 0.5) is 6.01 Å². The van der Waals surface area contributed by atoms with Gasteiger partial charge in [0.1, 0.15) is 0 Å². The van der Waals surface area contributed by atoms with Gasteiger partial charge in [0.25, 0.3) is 0 Å². The minimum Gasteiger partial charge on any atom is -0.407 e. The first-order valence-electron chi connectivity index (χ1n) is 6.15. The van der Waals surface area contributed by atoms with Gasteiger partial charge in [-0.05, 0) is 31.7 Å². The highest BCUT2D eigenvalue weighted by atomic mass is 16.4. The lowest BCUT2D eigenvalue weighted by Gasteiger charge is -2.24. The Kier molecular flexibility index (Phi) is 4.16. The lowest BCUT2D eigenvalue weighted by atomic mass is 9.85. The minimum atomic E-state index is 0.556. The number of nitrogens with one attached hydrogen (secondary N) is 2. The number of anilines is 1. The van der Waals surface area contributed by atoms with Crippen LogP contribution in [-0.2, 0) is 6.54 Å². The summed E-state index contributed by atoms with van der Waals surface area (Å²) in [6, 6.07) is 0.556. The van der Waals surface area contributed by atoms with Crippen LogP contribution in [0.5, 0.6) is 0 Å². The van der Waals surface area contributed by atoms with Gasteiger partial charge in [0, 0.05) is 6.54 Å². The van der Waals surface area contributed by atoms with Crippen molar-refractivity contribution >= 4 is 6.01 Å². The van der Waals surface area contributed by atoms with E-state index < -0.39 is 0 Å². The molecule has 1 fully saturated rings. The van der Waals surface area contributed by atoms with Crippen LogP contribution in [0.1, 0.15) is 38.5 Å². The van der Waals surface area contributed by atoms with Crippen molar-refractivity contribution in [2.45, 2.75) is 39.2 Å². The van der Waals surface area contributed by atoms with E-state index in [1.807, 2.05) is 0 Å². The topological polar surface area (TPSA) is 63.0 Å². The Labute approximate surface area is 96.0 Å². The van der Waals surface area contributed by atoms with Gasteiger partial charge in [-0.3, -0.25) is 0 Å². The second-order valence-electron chi connectivity index (χ2n) is 4.36. The number of nitrogens with zero attached hydrogens (tertiary/aromatic N) is 2. The molecular formula is C11H20N4O. The molecule has 0 bridgehead atoms. The highest BCUT2D eigenvalue weighted by molar-refractivity contribution is 5.17. The van der Waals surface area contributed by atoms with Crippen LogP contribution in [0.15, 0.2) is 4.42 Å². The van der Waals surface area contributed by atoms with Gasteiger partial charge < -0.3 is 15.1 Å². The summed E-state index contributed by atoms with van der Waals surface area (Å²) in [4.78, 5) is 0. The minimum absolute atomic E-state index is 0.556. The smallest absolute Gasteiger partial charge is 0.315 e. The molecule has 16 heavy (non-hydrogen) atoms. The van der Waals surface area contributed by atoms with Crippen LogP contribution in [0.25, 0.3) is 0 Å². The molecule has 0 unspecified atom stereocenters. The van der Waals surface area contributed by atoms with E-state index in [9.17, 15) is 0 Å². The SMILES string of the molecule is CCCNCc1nnc(NCC2CCC2)o1. The lowest BCUT2D eigenvalue weighted by molar-refractivity contribution is 0.330. The Morgan fingerprint density at radius 3 is 2.94 bits per heavy atom. The van der Waals surface area contributed by atoms with Gasteiger partial charge >= 0.3 is 6.01 Å². The van der Waals surface area contributed by atoms with E-state index in [-0.39, 0.29) is 0 Å². The summed E-state index contributed by atoms with van der Waals surface area (Å²) in [5.41, 5.74) is 0. The summed E-state index contributed by atoms with van der Waals surface area (Å²) in [6.45, 7) is 4.73. The van der Waals surface area contributed by atoms with Gasteiger partial charge in [0.05, 0.1) is 6.54 Å². The molecule has 1 aliphatic rings. The predicted molar refractivity (Wildman–Crippen MR) is 62.1 cm³/mol. The zero-order chi connectivity index (χ0) is 11.2. The maximum Gasteiger partial charge on any atom is 0.315 e. The van der Waals surface area contributed by atoms with Crippen molar-refractivity contribution in [3.63, 3.8) is 0 Å². The Morgan fingerprint density at radius 1 is 1.38 bits per heavy atom. The molecule has 2 N–H and O–H groups in total. The van der Waals surface area contributed by atoms with Crippen molar-refractivity contribution in [3.8, 4) is 0 Å². The molecule has 1 heterocycles. The molecule has 5 heteroatoms. The van der Waals surface area contributed by atoms with Gasteiger partial charge in [-0.2, -0.15) is 0 Å². The van der Waals surface area contributed by atoms with Crippen molar-refractivity contribution in [1.82, 2.24) is 15.5 Å². The average molecular weight is 224 g/mol. The number of rotatable bonds is 7. The Balaban J connectivity index is 1.68. The molecule has 0 aliphatic heterocycles. The van der Waals surface area contributed by atoms with E-state index in [1.54, 1.807) is 0 Å². The van der Waals surface area contributed by atoms with Crippen LogP contribution in [-0.4, -0.2) is 23.3 Å². The largest absolute Gasteiger partial charge is 0.407 e. The Hall–Kier alpha value is -1.10. The third-order valence-electron chi connectivity index (χ3n) is 2.94. The van der Waals surface area contributed by atoms with Crippen molar-refractivity contribution in [2.75, 3.05) is 18.4 Å². The van der Waals surface area contributed by atoms with E-state index in [2.05, 4.69) is 27.8 Å². The summed E-state index contributed by atoms with van der Waals surface area (Å²) < 4.78 is 5.45. The predicted octanol–water partition coefficient (Wildman–Crippen LogP) is 1.78. The second-order valence-corrected chi connectivity index (χ2v) is 4.36. The zero-order valence-corrected chi connectivity index (χ0v) is 9.83. The first-order chi connectivity index (χ1) is 7.88. The number of aromatic nitrogens is 2. The highest BCUT2D eigenvalue weighted by Gasteiger charge is 2.17. The van der Waals surface area contributed by atoms with E-state index in [0.717, 1.165) is 25.4 Å². The fourth-order valence-electron chi connectivity index (χ4n) is 1.70. The van der Waals surface area contributed by atoms with Crippen LogP contribution >= 0.6 is 0 Å². The van der Waals surface area contributed by atoms with Crippen molar-refractivity contribution in [2.24, 2.45) is 5.92 Å². The summed E-state index contributed by atoms with van der Waals surface area (Å²) in [7, 11) is 0. The fourth-order valence-corrected chi connectivity index (χ4v) is 1.70. The molecule has 1 aromatic rings. The monoisotopic (exact) mass is 224 g/mol. The van der Waals surface area contributed by atoms with E-state index >= 15 is 0 Å². The molecule has 1 aromatic heterocycles. The molecule has 0 amide bonds. The summed E-state index contributed by atoms with van der Waals surface area (Å²) in [5, 5.41) is 14.3. The highest BCUT2D eigenvalue weighted by Crippen LogP contribution is 2.26. The molecule has 0 radical (unpaired) electrons. The molecular weight excluding hydrogens is 204 g/mol. The van der Waals surface area contributed by atoms with Crippen LogP contribution in [0.2, 0.25) is 0 Å². The second kappa shape index (κ2) is 5.84. The van der Waals surface area contributed by atoms with E-state index in [4.69, 9.17) is 4.42 Å². The van der Waals surface area contributed by atoms with Gasteiger partial charge in [0.2, 0.25) is 5.89 Å². The lowest BCUT2D eigenvalue weighted by Crippen LogP contribution is -2.20. The quantitative estimate of drug-likeness (QED) is 0.691. The first kappa shape index (κ1) is 11.4. The Morgan fingerprint density at radius 2 is 2.25 bits per heavy atom. The normalized spacial score (nSPS) is 16.1. The van der Waals surface area contributed by atoms with Gasteiger partial charge in [-0.25, -0.2) is 0 Å². The van der Waals surface area contributed by atoms with Crippen LogP contribution < -0.4 is 10.6 Å². The third-order valence-corrected chi connectivity index (χ3v) is 2.94.